The van der Waals surface area contributed by atoms with E-state index < -0.39 is 0 Å². The number of carbonyl (C=O) groups is 1. The molecule has 1 aliphatic heterocycles. The summed E-state index contributed by atoms with van der Waals surface area (Å²) in [6, 6.07) is 10.2. The Kier molecular flexibility index (Phi) is 4.56. The van der Waals surface area contributed by atoms with Crippen LogP contribution in [0.4, 0.5) is 0 Å². The van der Waals surface area contributed by atoms with Gasteiger partial charge in [-0.25, -0.2) is 4.68 Å². The number of rotatable bonds is 5. The molecule has 1 amide bonds. The van der Waals surface area contributed by atoms with Gasteiger partial charge in [-0.15, -0.1) is 0 Å². The summed E-state index contributed by atoms with van der Waals surface area (Å²) in [7, 11) is 1.91. The number of aryl methyl sites for hydroxylation is 2. The van der Waals surface area contributed by atoms with Crippen LogP contribution in [0.2, 0.25) is 0 Å². The van der Waals surface area contributed by atoms with Crippen molar-refractivity contribution in [2.24, 2.45) is 7.05 Å². The van der Waals surface area contributed by atoms with Gasteiger partial charge in [0.25, 0.3) is 0 Å². The molecule has 1 unspecified atom stereocenters. The van der Waals surface area contributed by atoms with Crippen molar-refractivity contribution in [2.75, 3.05) is 6.54 Å². The maximum Gasteiger partial charge on any atom is 0.223 e. The lowest BCUT2D eigenvalue weighted by atomic mass is 10.1. The van der Waals surface area contributed by atoms with Gasteiger partial charge in [0, 0.05) is 38.0 Å². The number of carbonyl (C=O) groups excluding carboxylic acids is 1. The number of nitrogens with zero attached hydrogens (tertiary/aromatic N) is 5. The number of hydrogen-bond donors (Lipinski definition) is 0. The van der Waals surface area contributed by atoms with Crippen LogP contribution in [-0.2, 0) is 18.3 Å². The predicted molar refractivity (Wildman–Crippen MR) is 98.8 cm³/mol. The topological polar surface area (TPSA) is 56.0 Å². The normalized spacial score (nSPS) is 17.0. The highest BCUT2D eigenvalue weighted by Crippen LogP contribution is 2.32. The van der Waals surface area contributed by atoms with E-state index in [2.05, 4.69) is 10.2 Å². The molecular weight excluding hydrogens is 326 g/mol. The first-order chi connectivity index (χ1) is 12.7. The van der Waals surface area contributed by atoms with Gasteiger partial charge in [-0.1, -0.05) is 18.2 Å². The number of aromatic nitrogens is 4. The van der Waals surface area contributed by atoms with Crippen molar-refractivity contribution in [1.29, 1.82) is 0 Å². The summed E-state index contributed by atoms with van der Waals surface area (Å²) in [6.45, 7) is 0.835. The molecule has 0 radical (unpaired) electrons. The highest BCUT2D eigenvalue weighted by atomic mass is 16.2. The molecule has 1 fully saturated rings. The summed E-state index contributed by atoms with van der Waals surface area (Å²) in [4.78, 5) is 14.8. The lowest BCUT2D eigenvalue weighted by Crippen LogP contribution is -2.30. The van der Waals surface area contributed by atoms with E-state index in [1.54, 1.807) is 4.68 Å². The van der Waals surface area contributed by atoms with Gasteiger partial charge in [0.2, 0.25) is 5.91 Å². The minimum absolute atomic E-state index is 0.170. The minimum atomic E-state index is 0.170. The third kappa shape index (κ3) is 3.40. The number of likely N-dealkylation sites (tertiary alicyclic amines) is 1. The molecule has 26 heavy (non-hydrogen) atoms. The number of benzene rings is 1. The molecule has 1 aliphatic rings. The Labute approximate surface area is 153 Å². The fraction of sp³-hybridized carbons (Fsp3) is 0.350. The van der Waals surface area contributed by atoms with Crippen molar-refractivity contribution >= 4 is 5.91 Å². The molecule has 1 aromatic carbocycles. The highest BCUT2D eigenvalue weighted by Gasteiger charge is 2.30. The summed E-state index contributed by atoms with van der Waals surface area (Å²) < 4.78 is 3.66. The molecule has 1 atom stereocenters. The van der Waals surface area contributed by atoms with E-state index in [4.69, 9.17) is 0 Å². The van der Waals surface area contributed by atoms with Crippen molar-refractivity contribution in [2.45, 2.75) is 31.7 Å². The van der Waals surface area contributed by atoms with Crippen LogP contribution >= 0.6 is 0 Å². The van der Waals surface area contributed by atoms with E-state index in [-0.39, 0.29) is 11.9 Å². The third-order valence-corrected chi connectivity index (χ3v) is 4.97. The summed E-state index contributed by atoms with van der Waals surface area (Å²) in [6.07, 6.45) is 11.0. The Bertz CT molecular complexity index is 883. The Morgan fingerprint density at radius 3 is 2.77 bits per heavy atom. The second-order valence-electron chi connectivity index (χ2n) is 6.82. The molecule has 3 aromatic rings. The fourth-order valence-electron chi connectivity index (χ4n) is 3.63. The standard InChI is InChI=1S/C20H23N5O/c1-23-15-17(13-21-23)19-8-5-11-24(19)20(26)10-9-16-12-22-25(14-16)18-6-3-2-4-7-18/h2-4,6-7,12-15,19H,5,8-11H2,1H3. The average Bonchev–Trinajstić information content (AvgIpc) is 3.40. The van der Waals surface area contributed by atoms with Crippen molar-refractivity contribution in [3.8, 4) is 5.69 Å². The molecular formula is C20H23N5O. The van der Waals surface area contributed by atoms with E-state index in [0.29, 0.717) is 12.8 Å². The van der Waals surface area contributed by atoms with Gasteiger partial charge >= 0.3 is 0 Å². The van der Waals surface area contributed by atoms with E-state index in [1.165, 1.54) is 0 Å². The van der Waals surface area contributed by atoms with Crippen LogP contribution in [0.25, 0.3) is 5.69 Å². The molecule has 0 bridgehead atoms. The Hall–Kier alpha value is -2.89. The molecule has 0 N–H and O–H groups in total. The van der Waals surface area contributed by atoms with Crippen LogP contribution in [0.5, 0.6) is 0 Å². The lowest BCUT2D eigenvalue weighted by molar-refractivity contribution is -0.132. The summed E-state index contributed by atoms with van der Waals surface area (Å²) >= 11 is 0. The van der Waals surface area contributed by atoms with Crippen LogP contribution in [0, 0.1) is 0 Å². The maximum absolute atomic E-state index is 12.8. The van der Waals surface area contributed by atoms with Gasteiger partial charge in [0.15, 0.2) is 0 Å². The van der Waals surface area contributed by atoms with Crippen LogP contribution in [0.3, 0.4) is 0 Å². The van der Waals surface area contributed by atoms with Crippen LogP contribution in [0.15, 0.2) is 55.1 Å². The second-order valence-corrected chi connectivity index (χ2v) is 6.82. The average molecular weight is 349 g/mol. The van der Waals surface area contributed by atoms with Gasteiger partial charge in [-0.3, -0.25) is 9.48 Å². The van der Waals surface area contributed by atoms with Crippen molar-refractivity contribution in [1.82, 2.24) is 24.5 Å². The molecule has 6 nitrogen and oxygen atoms in total. The van der Waals surface area contributed by atoms with E-state index in [9.17, 15) is 4.79 Å². The number of para-hydroxylation sites is 1. The molecule has 134 valence electrons. The minimum Gasteiger partial charge on any atom is -0.336 e. The Morgan fingerprint density at radius 1 is 1.15 bits per heavy atom. The fourth-order valence-corrected chi connectivity index (χ4v) is 3.63. The molecule has 0 aliphatic carbocycles. The smallest absolute Gasteiger partial charge is 0.223 e. The SMILES string of the molecule is Cn1cc(C2CCCN2C(=O)CCc2cnn(-c3ccccc3)c2)cn1. The van der Waals surface area contributed by atoms with E-state index >= 15 is 0 Å². The summed E-state index contributed by atoms with van der Waals surface area (Å²) in [5, 5.41) is 8.66. The molecule has 3 heterocycles. The Morgan fingerprint density at radius 2 is 2.00 bits per heavy atom. The number of amides is 1. The van der Waals surface area contributed by atoms with Crippen LogP contribution in [0.1, 0.15) is 36.4 Å². The van der Waals surface area contributed by atoms with Crippen molar-refractivity contribution < 1.29 is 4.79 Å². The zero-order chi connectivity index (χ0) is 17.9. The molecule has 6 heteroatoms. The summed E-state index contributed by atoms with van der Waals surface area (Å²) in [5.74, 6) is 0.212. The monoisotopic (exact) mass is 349 g/mol. The highest BCUT2D eigenvalue weighted by molar-refractivity contribution is 5.77. The zero-order valence-corrected chi connectivity index (χ0v) is 15.0. The van der Waals surface area contributed by atoms with E-state index in [1.807, 2.05) is 71.7 Å². The predicted octanol–water partition coefficient (Wildman–Crippen LogP) is 2.90. The third-order valence-electron chi connectivity index (χ3n) is 4.97. The van der Waals surface area contributed by atoms with Gasteiger partial charge in [-0.2, -0.15) is 10.2 Å². The summed E-state index contributed by atoms with van der Waals surface area (Å²) in [5.41, 5.74) is 3.25. The van der Waals surface area contributed by atoms with Crippen LogP contribution < -0.4 is 0 Å². The first kappa shape index (κ1) is 16.6. The zero-order valence-electron chi connectivity index (χ0n) is 15.0. The van der Waals surface area contributed by atoms with Gasteiger partial charge in [-0.05, 0) is 37.0 Å². The quantitative estimate of drug-likeness (QED) is 0.712. The Balaban J connectivity index is 1.39. The maximum atomic E-state index is 12.8. The first-order valence-electron chi connectivity index (χ1n) is 9.08. The van der Waals surface area contributed by atoms with Crippen LogP contribution in [-0.4, -0.2) is 36.9 Å². The van der Waals surface area contributed by atoms with Crippen molar-refractivity contribution in [3.63, 3.8) is 0 Å². The van der Waals surface area contributed by atoms with Gasteiger partial charge in [0.05, 0.1) is 24.1 Å². The molecule has 4 rings (SSSR count). The first-order valence-corrected chi connectivity index (χ1v) is 9.08. The van der Waals surface area contributed by atoms with Gasteiger partial charge < -0.3 is 4.90 Å². The molecule has 1 saturated heterocycles. The number of hydrogen-bond acceptors (Lipinski definition) is 3. The second kappa shape index (κ2) is 7.15. The van der Waals surface area contributed by atoms with E-state index in [0.717, 1.165) is 36.2 Å². The lowest BCUT2D eigenvalue weighted by Gasteiger charge is -2.23. The largest absolute Gasteiger partial charge is 0.336 e. The molecule has 2 aromatic heterocycles. The van der Waals surface area contributed by atoms with Crippen molar-refractivity contribution in [3.05, 3.63) is 66.2 Å². The molecule has 0 saturated carbocycles. The molecule has 0 spiro atoms. The van der Waals surface area contributed by atoms with Gasteiger partial charge in [0.1, 0.15) is 0 Å².